The summed E-state index contributed by atoms with van der Waals surface area (Å²) < 4.78 is 0. The SMILES string of the molecule is N#Cc1ccc2c(c1)C1=NNC(=O)CC1CCS2. The van der Waals surface area contributed by atoms with Gasteiger partial charge < -0.3 is 0 Å². The molecule has 90 valence electrons. The van der Waals surface area contributed by atoms with E-state index in [4.69, 9.17) is 5.26 Å². The summed E-state index contributed by atoms with van der Waals surface area (Å²) in [6.45, 7) is 0. The highest BCUT2D eigenvalue weighted by Crippen LogP contribution is 2.34. The second-order valence-electron chi connectivity index (χ2n) is 4.39. The van der Waals surface area contributed by atoms with Gasteiger partial charge in [-0.3, -0.25) is 4.79 Å². The Kier molecular flexibility index (Phi) is 2.80. The first-order valence-electron chi connectivity index (χ1n) is 5.81. The van der Waals surface area contributed by atoms with Crippen molar-refractivity contribution in [3.05, 3.63) is 29.3 Å². The van der Waals surface area contributed by atoms with Gasteiger partial charge in [0, 0.05) is 22.8 Å². The molecule has 1 N–H and O–H groups in total. The normalized spacial score (nSPS) is 21.8. The molecule has 5 heteroatoms. The van der Waals surface area contributed by atoms with Gasteiger partial charge in [0.05, 0.1) is 17.3 Å². The second-order valence-corrected chi connectivity index (χ2v) is 5.53. The molecule has 0 aliphatic carbocycles. The van der Waals surface area contributed by atoms with Crippen molar-refractivity contribution in [1.29, 1.82) is 5.26 Å². The molecule has 0 radical (unpaired) electrons. The van der Waals surface area contributed by atoms with E-state index in [1.54, 1.807) is 11.8 Å². The lowest BCUT2D eigenvalue weighted by atomic mass is 9.90. The lowest BCUT2D eigenvalue weighted by Crippen LogP contribution is -2.33. The molecule has 0 saturated carbocycles. The van der Waals surface area contributed by atoms with E-state index in [0.717, 1.165) is 28.3 Å². The summed E-state index contributed by atoms with van der Waals surface area (Å²) in [5, 5.41) is 13.2. The average Bonchev–Trinajstić information content (AvgIpc) is 2.56. The highest BCUT2D eigenvalue weighted by molar-refractivity contribution is 7.99. The predicted octanol–water partition coefficient (Wildman–Crippen LogP) is 1.89. The quantitative estimate of drug-likeness (QED) is 0.772. The van der Waals surface area contributed by atoms with Crippen molar-refractivity contribution in [3.63, 3.8) is 0 Å². The maximum absolute atomic E-state index is 11.4. The van der Waals surface area contributed by atoms with E-state index in [1.807, 2.05) is 18.2 Å². The van der Waals surface area contributed by atoms with Crippen LogP contribution < -0.4 is 5.43 Å². The van der Waals surface area contributed by atoms with Gasteiger partial charge in [0.1, 0.15) is 0 Å². The van der Waals surface area contributed by atoms with E-state index in [1.165, 1.54) is 0 Å². The molecule has 1 aromatic carbocycles. The molecule has 0 spiro atoms. The standard InChI is InChI=1S/C13H11N3OS/c14-7-8-1-2-11-10(5-8)13-9(3-4-18-11)6-12(17)15-16-13/h1-2,5,9H,3-4,6H2,(H,15,17). The summed E-state index contributed by atoms with van der Waals surface area (Å²) >= 11 is 1.77. The number of hydrogen-bond donors (Lipinski definition) is 1. The van der Waals surface area contributed by atoms with Crippen molar-refractivity contribution in [2.24, 2.45) is 11.0 Å². The molecular formula is C13H11N3OS. The van der Waals surface area contributed by atoms with Gasteiger partial charge in [0.2, 0.25) is 5.91 Å². The molecule has 1 amide bonds. The lowest BCUT2D eigenvalue weighted by Gasteiger charge is -2.21. The first-order valence-corrected chi connectivity index (χ1v) is 6.80. The summed E-state index contributed by atoms with van der Waals surface area (Å²) in [4.78, 5) is 12.5. The van der Waals surface area contributed by atoms with Gasteiger partial charge in [-0.15, -0.1) is 11.8 Å². The van der Waals surface area contributed by atoms with E-state index < -0.39 is 0 Å². The Morgan fingerprint density at radius 2 is 2.39 bits per heavy atom. The number of fused-ring (bicyclic) bond motifs is 3. The van der Waals surface area contributed by atoms with Crippen molar-refractivity contribution < 1.29 is 4.79 Å². The largest absolute Gasteiger partial charge is 0.273 e. The number of hydrogen-bond acceptors (Lipinski definition) is 4. The van der Waals surface area contributed by atoms with Crippen LogP contribution in [-0.2, 0) is 4.79 Å². The van der Waals surface area contributed by atoms with Crippen molar-refractivity contribution in [1.82, 2.24) is 5.43 Å². The Morgan fingerprint density at radius 3 is 3.22 bits per heavy atom. The minimum Gasteiger partial charge on any atom is -0.273 e. The van der Waals surface area contributed by atoms with Crippen LogP contribution in [0.5, 0.6) is 0 Å². The lowest BCUT2D eigenvalue weighted by molar-refractivity contribution is -0.122. The van der Waals surface area contributed by atoms with Crippen LogP contribution in [0.3, 0.4) is 0 Å². The van der Waals surface area contributed by atoms with E-state index in [9.17, 15) is 4.79 Å². The summed E-state index contributed by atoms with van der Waals surface area (Å²) in [5.74, 6) is 1.14. The Hall–Kier alpha value is -1.80. The van der Waals surface area contributed by atoms with Gasteiger partial charge in [-0.1, -0.05) is 0 Å². The molecule has 1 aromatic rings. The number of benzene rings is 1. The van der Waals surface area contributed by atoms with Crippen LogP contribution >= 0.6 is 11.8 Å². The molecule has 0 saturated heterocycles. The number of carbonyl (C=O) groups excluding carboxylic acids is 1. The van der Waals surface area contributed by atoms with E-state index in [0.29, 0.717) is 12.0 Å². The summed E-state index contributed by atoms with van der Waals surface area (Å²) in [6.07, 6.45) is 1.45. The maximum Gasteiger partial charge on any atom is 0.240 e. The molecule has 1 atom stereocenters. The average molecular weight is 257 g/mol. The molecule has 18 heavy (non-hydrogen) atoms. The molecule has 0 aromatic heterocycles. The number of nitrogens with one attached hydrogen (secondary N) is 1. The van der Waals surface area contributed by atoms with Crippen LogP contribution in [-0.4, -0.2) is 17.4 Å². The molecule has 2 aliphatic rings. The molecule has 0 bridgehead atoms. The third-order valence-corrected chi connectivity index (χ3v) is 4.33. The fraction of sp³-hybridized carbons (Fsp3) is 0.308. The molecule has 0 fully saturated rings. The summed E-state index contributed by atoms with van der Waals surface area (Å²) in [7, 11) is 0. The van der Waals surface area contributed by atoms with Crippen LogP contribution in [0.4, 0.5) is 0 Å². The number of nitrogens with zero attached hydrogens (tertiary/aromatic N) is 2. The minimum atomic E-state index is -0.0198. The van der Waals surface area contributed by atoms with E-state index >= 15 is 0 Å². The number of rotatable bonds is 0. The zero-order valence-electron chi connectivity index (χ0n) is 9.64. The molecule has 3 rings (SSSR count). The van der Waals surface area contributed by atoms with Gasteiger partial charge in [0.15, 0.2) is 0 Å². The summed E-state index contributed by atoms with van der Waals surface area (Å²) in [5.41, 5.74) is 5.10. The fourth-order valence-electron chi connectivity index (χ4n) is 2.34. The Balaban J connectivity index is 2.12. The van der Waals surface area contributed by atoms with Gasteiger partial charge >= 0.3 is 0 Å². The zero-order chi connectivity index (χ0) is 12.5. The predicted molar refractivity (Wildman–Crippen MR) is 69.3 cm³/mol. The maximum atomic E-state index is 11.4. The molecule has 4 nitrogen and oxygen atoms in total. The van der Waals surface area contributed by atoms with Crippen molar-refractivity contribution >= 4 is 23.4 Å². The number of hydrazone groups is 1. The molecular weight excluding hydrogens is 246 g/mol. The third-order valence-electron chi connectivity index (χ3n) is 3.23. The van der Waals surface area contributed by atoms with E-state index in [-0.39, 0.29) is 11.8 Å². The Morgan fingerprint density at radius 1 is 1.50 bits per heavy atom. The van der Waals surface area contributed by atoms with Crippen molar-refractivity contribution in [3.8, 4) is 6.07 Å². The highest BCUT2D eigenvalue weighted by Gasteiger charge is 2.29. The number of nitriles is 1. The highest BCUT2D eigenvalue weighted by atomic mass is 32.2. The summed E-state index contributed by atoms with van der Waals surface area (Å²) in [6, 6.07) is 7.82. The van der Waals surface area contributed by atoms with Crippen LogP contribution in [0.1, 0.15) is 24.0 Å². The fourth-order valence-corrected chi connectivity index (χ4v) is 3.44. The van der Waals surface area contributed by atoms with Crippen molar-refractivity contribution in [2.75, 3.05) is 5.75 Å². The number of thioether (sulfide) groups is 1. The zero-order valence-corrected chi connectivity index (χ0v) is 10.5. The van der Waals surface area contributed by atoms with Crippen LogP contribution in [0.2, 0.25) is 0 Å². The number of amides is 1. The van der Waals surface area contributed by atoms with Crippen LogP contribution in [0.25, 0.3) is 0 Å². The topological polar surface area (TPSA) is 65.2 Å². The molecule has 2 aliphatic heterocycles. The second kappa shape index (κ2) is 4.46. The molecule has 2 heterocycles. The van der Waals surface area contributed by atoms with Gasteiger partial charge in [0.25, 0.3) is 0 Å². The first kappa shape index (κ1) is 11.3. The van der Waals surface area contributed by atoms with Gasteiger partial charge in [-0.2, -0.15) is 10.4 Å². The van der Waals surface area contributed by atoms with Crippen LogP contribution in [0.15, 0.2) is 28.2 Å². The minimum absolute atomic E-state index is 0.0198. The monoisotopic (exact) mass is 257 g/mol. The van der Waals surface area contributed by atoms with Gasteiger partial charge in [-0.05, 0) is 30.4 Å². The van der Waals surface area contributed by atoms with Crippen molar-refractivity contribution in [2.45, 2.75) is 17.7 Å². The van der Waals surface area contributed by atoms with E-state index in [2.05, 4.69) is 16.6 Å². The Bertz CT molecular complexity index is 588. The van der Waals surface area contributed by atoms with Crippen LogP contribution in [0, 0.1) is 17.2 Å². The smallest absolute Gasteiger partial charge is 0.240 e. The Labute approximate surface area is 109 Å². The molecule has 1 unspecified atom stereocenters. The van der Waals surface area contributed by atoms with Gasteiger partial charge in [-0.25, -0.2) is 5.43 Å². The number of carbonyl (C=O) groups is 1. The first-order chi connectivity index (χ1) is 8.78. The third kappa shape index (κ3) is 1.89.